The number of benzene rings is 1. The van der Waals surface area contributed by atoms with Gasteiger partial charge in [0.1, 0.15) is 17.2 Å². The van der Waals surface area contributed by atoms with Gasteiger partial charge in [-0.3, -0.25) is 9.59 Å². The first-order valence-corrected chi connectivity index (χ1v) is 11.1. The minimum absolute atomic E-state index is 0. The third-order valence-corrected chi connectivity index (χ3v) is 6.06. The second kappa shape index (κ2) is 11.4. The first-order chi connectivity index (χ1) is 15.3. The smallest absolute Gasteiger partial charge is 0.275 e. The molecule has 0 bridgehead atoms. The molecular weight excluding hydrogens is 448 g/mol. The van der Waals surface area contributed by atoms with Crippen molar-refractivity contribution in [2.75, 3.05) is 18.4 Å². The first kappa shape index (κ1) is 26.5. The molecule has 9 nitrogen and oxygen atoms in total. The number of nitrogens with two attached hydrogens (primary N) is 1. The molecule has 0 radical (unpaired) electrons. The summed E-state index contributed by atoms with van der Waals surface area (Å²) in [6.45, 7) is 6.56. The van der Waals surface area contributed by atoms with Crippen molar-refractivity contribution in [3.05, 3.63) is 23.4 Å². The predicted octanol–water partition coefficient (Wildman–Crippen LogP) is 3.75. The average molecular weight is 481 g/mol. The molecule has 33 heavy (non-hydrogen) atoms. The summed E-state index contributed by atoms with van der Waals surface area (Å²) in [4.78, 5) is 25.6. The van der Waals surface area contributed by atoms with Gasteiger partial charge in [-0.05, 0) is 62.6 Å². The van der Waals surface area contributed by atoms with Crippen molar-refractivity contribution in [1.82, 2.24) is 10.5 Å². The Labute approximate surface area is 199 Å². The number of phenolic OH excluding ortho intramolecular Hbond substituents is 2. The van der Waals surface area contributed by atoms with Gasteiger partial charge >= 0.3 is 0 Å². The topological polar surface area (TPSA) is 151 Å². The van der Waals surface area contributed by atoms with Crippen LogP contribution in [0.1, 0.15) is 68.4 Å². The molecule has 0 aliphatic heterocycles. The van der Waals surface area contributed by atoms with Crippen molar-refractivity contribution >= 4 is 29.9 Å². The number of halogens is 1. The SMILES string of the molecule is CCNC(=O)c1noc(-c2cc(C(C)C)c(O)cc2O)c1NC(=O)C1CCC(CN)CC1.Cl. The number of phenols is 2. The molecular formula is C23H33ClN4O5. The van der Waals surface area contributed by atoms with E-state index in [2.05, 4.69) is 15.8 Å². The Morgan fingerprint density at radius 2 is 1.85 bits per heavy atom. The summed E-state index contributed by atoms with van der Waals surface area (Å²) in [6.07, 6.45) is 3.19. The molecule has 2 amide bonds. The normalized spacial score (nSPS) is 18.0. The van der Waals surface area contributed by atoms with E-state index in [1.807, 2.05) is 13.8 Å². The summed E-state index contributed by atoms with van der Waals surface area (Å²) in [5.74, 6) is -0.756. The Morgan fingerprint density at radius 1 is 1.18 bits per heavy atom. The van der Waals surface area contributed by atoms with E-state index >= 15 is 0 Å². The van der Waals surface area contributed by atoms with Crippen LogP contribution < -0.4 is 16.4 Å². The van der Waals surface area contributed by atoms with E-state index in [0.29, 0.717) is 37.4 Å². The molecule has 0 unspecified atom stereocenters. The Kier molecular flexibility index (Phi) is 9.13. The number of hydrogen-bond donors (Lipinski definition) is 5. The Morgan fingerprint density at radius 3 is 2.42 bits per heavy atom. The molecule has 1 aliphatic rings. The number of carbonyl (C=O) groups excluding carboxylic acids is 2. The second-order valence-electron chi connectivity index (χ2n) is 8.62. The van der Waals surface area contributed by atoms with Crippen molar-refractivity contribution in [3.8, 4) is 22.8 Å². The maximum atomic E-state index is 13.0. The molecule has 6 N–H and O–H groups in total. The highest BCUT2D eigenvalue weighted by atomic mass is 35.5. The molecule has 1 aromatic carbocycles. The first-order valence-electron chi connectivity index (χ1n) is 11.1. The predicted molar refractivity (Wildman–Crippen MR) is 128 cm³/mol. The largest absolute Gasteiger partial charge is 0.508 e. The highest BCUT2D eigenvalue weighted by Gasteiger charge is 2.31. The van der Waals surface area contributed by atoms with Crippen molar-refractivity contribution < 1.29 is 24.3 Å². The number of aromatic hydroxyl groups is 2. The summed E-state index contributed by atoms with van der Waals surface area (Å²) in [5, 5.41) is 30.0. The third kappa shape index (κ3) is 5.78. The summed E-state index contributed by atoms with van der Waals surface area (Å²) >= 11 is 0. The third-order valence-electron chi connectivity index (χ3n) is 6.06. The standard InChI is InChI=1S/C23H32N4O5.ClH/c1-4-25-23(31)20-19(26-22(30)14-7-5-13(11-24)6-8-14)21(32-27-20)16-9-15(12(2)3)17(28)10-18(16)29;/h9-10,12-14,28-29H,4-8,11,24H2,1-3H3,(H,25,31)(H,26,30);1H. The molecule has 0 saturated heterocycles. The zero-order chi connectivity index (χ0) is 23.4. The van der Waals surface area contributed by atoms with Crippen LogP contribution in [-0.2, 0) is 4.79 Å². The lowest BCUT2D eigenvalue weighted by atomic mass is 9.81. The van der Waals surface area contributed by atoms with Crippen LogP contribution in [-0.4, -0.2) is 40.3 Å². The molecule has 10 heteroatoms. The second-order valence-corrected chi connectivity index (χ2v) is 8.62. The number of carbonyl (C=O) groups is 2. The van der Waals surface area contributed by atoms with Gasteiger partial charge < -0.3 is 31.1 Å². The molecule has 1 heterocycles. The van der Waals surface area contributed by atoms with Crippen LogP contribution in [0.5, 0.6) is 11.5 Å². The molecule has 3 rings (SSSR count). The molecule has 0 atom stereocenters. The summed E-state index contributed by atoms with van der Waals surface area (Å²) in [6, 6.07) is 2.80. The van der Waals surface area contributed by atoms with E-state index in [1.165, 1.54) is 6.07 Å². The number of hydrogen-bond acceptors (Lipinski definition) is 7. The maximum Gasteiger partial charge on any atom is 0.275 e. The van der Waals surface area contributed by atoms with Crippen molar-refractivity contribution in [2.45, 2.75) is 52.4 Å². The van der Waals surface area contributed by atoms with Crippen LogP contribution in [0.4, 0.5) is 5.69 Å². The Hall–Kier alpha value is -2.78. The Bertz CT molecular complexity index is 983. The van der Waals surface area contributed by atoms with Gasteiger partial charge in [0.2, 0.25) is 5.91 Å². The van der Waals surface area contributed by atoms with Crippen LogP contribution in [0.3, 0.4) is 0 Å². The quantitative estimate of drug-likeness (QED) is 0.404. The van der Waals surface area contributed by atoms with Gasteiger partial charge in [0.25, 0.3) is 5.91 Å². The summed E-state index contributed by atoms with van der Waals surface area (Å²) in [5.41, 5.74) is 6.62. The van der Waals surface area contributed by atoms with Crippen LogP contribution in [0, 0.1) is 11.8 Å². The summed E-state index contributed by atoms with van der Waals surface area (Å²) < 4.78 is 5.44. The van der Waals surface area contributed by atoms with E-state index in [-0.39, 0.29) is 64.4 Å². The van der Waals surface area contributed by atoms with E-state index in [9.17, 15) is 19.8 Å². The minimum Gasteiger partial charge on any atom is -0.508 e. The fourth-order valence-electron chi connectivity index (χ4n) is 4.11. The zero-order valence-corrected chi connectivity index (χ0v) is 20.0. The van der Waals surface area contributed by atoms with Gasteiger partial charge in [0.05, 0.1) is 5.56 Å². The van der Waals surface area contributed by atoms with E-state index in [1.54, 1.807) is 13.0 Å². The van der Waals surface area contributed by atoms with Gasteiger partial charge in [-0.1, -0.05) is 19.0 Å². The number of anilines is 1. The number of nitrogens with one attached hydrogen (secondary N) is 2. The van der Waals surface area contributed by atoms with E-state index < -0.39 is 5.91 Å². The van der Waals surface area contributed by atoms with Crippen molar-refractivity contribution in [2.24, 2.45) is 17.6 Å². The maximum absolute atomic E-state index is 13.0. The van der Waals surface area contributed by atoms with Crippen molar-refractivity contribution in [3.63, 3.8) is 0 Å². The lowest BCUT2D eigenvalue weighted by Gasteiger charge is -2.26. The van der Waals surface area contributed by atoms with Crippen LogP contribution in [0.2, 0.25) is 0 Å². The minimum atomic E-state index is -0.494. The monoisotopic (exact) mass is 480 g/mol. The molecule has 1 aliphatic carbocycles. The molecule has 182 valence electrons. The van der Waals surface area contributed by atoms with Gasteiger partial charge in [-0.25, -0.2) is 0 Å². The molecule has 2 aromatic rings. The van der Waals surface area contributed by atoms with E-state index in [0.717, 1.165) is 12.8 Å². The molecule has 1 saturated carbocycles. The van der Waals surface area contributed by atoms with Gasteiger partial charge in [0.15, 0.2) is 11.5 Å². The van der Waals surface area contributed by atoms with E-state index in [4.69, 9.17) is 10.3 Å². The number of aromatic nitrogens is 1. The van der Waals surface area contributed by atoms with Gasteiger partial charge in [-0.15, -0.1) is 12.4 Å². The summed E-state index contributed by atoms with van der Waals surface area (Å²) in [7, 11) is 0. The highest BCUT2D eigenvalue weighted by molar-refractivity contribution is 6.06. The molecule has 1 fully saturated rings. The van der Waals surface area contributed by atoms with Gasteiger partial charge in [0, 0.05) is 18.5 Å². The lowest BCUT2D eigenvalue weighted by Crippen LogP contribution is -2.30. The number of nitrogens with zero attached hydrogens (tertiary/aromatic N) is 1. The fraction of sp³-hybridized carbons (Fsp3) is 0.522. The highest BCUT2D eigenvalue weighted by Crippen LogP contribution is 2.42. The fourth-order valence-corrected chi connectivity index (χ4v) is 4.11. The van der Waals surface area contributed by atoms with Crippen LogP contribution >= 0.6 is 12.4 Å². The Balaban J connectivity index is 0.00000385. The lowest BCUT2D eigenvalue weighted by molar-refractivity contribution is -0.121. The van der Waals surface area contributed by atoms with Crippen LogP contribution in [0.25, 0.3) is 11.3 Å². The average Bonchev–Trinajstić information content (AvgIpc) is 3.17. The zero-order valence-electron chi connectivity index (χ0n) is 19.2. The molecule has 1 aromatic heterocycles. The van der Waals surface area contributed by atoms with Crippen LogP contribution in [0.15, 0.2) is 16.7 Å². The number of amides is 2. The van der Waals surface area contributed by atoms with Gasteiger partial charge in [-0.2, -0.15) is 0 Å². The molecule has 0 spiro atoms. The van der Waals surface area contributed by atoms with Crippen molar-refractivity contribution in [1.29, 1.82) is 0 Å². The number of rotatable bonds is 7.